The van der Waals surface area contributed by atoms with Gasteiger partial charge in [0.15, 0.2) is 6.10 Å². The second-order valence-electron chi connectivity index (χ2n) is 12.3. The monoisotopic (exact) mass is 604 g/mol. The van der Waals surface area contributed by atoms with E-state index in [0.717, 1.165) is 62.3 Å². The molecule has 236 valence electrons. The summed E-state index contributed by atoms with van der Waals surface area (Å²) < 4.78 is 5.97. The number of phenolic OH excluding ortho intramolecular Hbond substituents is 1. The molecule has 1 atom stereocenters. The van der Waals surface area contributed by atoms with Gasteiger partial charge in [-0.2, -0.15) is 0 Å². The van der Waals surface area contributed by atoms with Crippen LogP contribution in [0, 0.1) is 0 Å². The van der Waals surface area contributed by atoms with E-state index in [1.54, 1.807) is 29.2 Å². The number of phenols is 1. The average Bonchev–Trinajstić information content (AvgIpc) is 3.23. The zero-order chi connectivity index (χ0) is 30.5. The molecule has 3 N–H and O–H groups in total. The van der Waals surface area contributed by atoms with Gasteiger partial charge in [-0.25, -0.2) is 9.59 Å². The standard InChI is InChI=1S/C33H44N6O5/c40-28-7-5-24(6-8-28)23-30(31(41)37-21-19-36(20-22-37)26-9-14-34-15-10-26)44-33(43)38-16-12-27(13-17-38)39-18-11-25-3-1-2-4-29(25)35-32(39)42/h1-8,26-27,30,34,40H,9-23H2,(H,35,42)/t30-/m1/s1. The van der Waals surface area contributed by atoms with Gasteiger partial charge in [-0.3, -0.25) is 9.69 Å². The van der Waals surface area contributed by atoms with E-state index in [1.165, 1.54) is 0 Å². The Kier molecular flexibility index (Phi) is 9.51. The Morgan fingerprint density at radius 3 is 2.27 bits per heavy atom. The first-order chi connectivity index (χ1) is 21.4. The lowest BCUT2D eigenvalue weighted by atomic mass is 10.0. The minimum Gasteiger partial charge on any atom is -0.508 e. The van der Waals surface area contributed by atoms with Crippen LogP contribution in [0.5, 0.6) is 5.75 Å². The second kappa shape index (κ2) is 13.9. The second-order valence-corrected chi connectivity index (χ2v) is 12.3. The number of benzene rings is 2. The first-order valence-corrected chi connectivity index (χ1v) is 16.1. The number of carbonyl (C=O) groups excluding carboxylic acids is 3. The molecule has 11 nitrogen and oxygen atoms in total. The van der Waals surface area contributed by atoms with Crippen molar-refractivity contribution in [1.82, 2.24) is 24.9 Å². The summed E-state index contributed by atoms with van der Waals surface area (Å²) in [6.07, 6.45) is 3.12. The molecule has 6 rings (SSSR count). The third-order valence-electron chi connectivity index (χ3n) is 9.63. The molecule has 11 heteroatoms. The van der Waals surface area contributed by atoms with Crippen molar-refractivity contribution in [2.24, 2.45) is 0 Å². The summed E-state index contributed by atoms with van der Waals surface area (Å²) in [6.45, 7) is 6.46. The largest absolute Gasteiger partial charge is 0.508 e. The fourth-order valence-corrected chi connectivity index (χ4v) is 7.00. The molecule has 0 bridgehead atoms. The van der Waals surface area contributed by atoms with E-state index in [1.807, 2.05) is 34.1 Å². The number of nitrogens with zero attached hydrogens (tertiary/aromatic N) is 4. The highest BCUT2D eigenvalue weighted by Gasteiger charge is 2.36. The molecule has 2 aromatic rings. The van der Waals surface area contributed by atoms with Crippen LogP contribution in [-0.2, 0) is 22.4 Å². The molecule has 0 saturated carbocycles. The number of urea groups is 1. The summed E-state index contributed by atoms with van der Waals surface area (Å²) in [4.78, 5) is 48.1. The van der Waals surface area contributed by atoms with E-state index < -0.39 is 12.2 Å². The van der Waals surface area contributed by atoms with Crippen LogP contribution in [0.15, 0.2) is 48.5 Å². The van der Waals surface area contributed by atoms with Gasteiger partial charge < -0.3 is 35.2 Å². The minimum atomic E-state index is -0.954. The molecule has 4 aliphatic rings. The predicted molar refractivity (Wildman–Crippen MR) is 167 cm³/mol. The lowest BCUT2D eigenvalue weighted by molar-refractivity contribution is -0.143. The van der Waals surface area contributed by atoms with Gasteiger partial charge in [-0.05, 0) is 74.5 Å². The highest BCUT2D eigenvalue weighted by Crippen LogP contribution is 2.25. The quantitative estimate of drug-likeness (QED) is 0.464. The van der Waals surface area contributed by atoms with Crippen LogP contribution in [0.3, 0.4) is 0 Å². The van der Waals surface area contributed by atoms with E-state index in [4.69, 9.17) is 4.74 Å². The fourth-order valence-electron chi connectivity index (χ4n) is 7.00. The number of ether oxygens (including phenoxy) is 1. The summed E-state index contributed by atoms with van der Waals surface area (Å²) in [5, 5.41) is 16.2. The van der Waals surface area contributed by atoms with Gasteiger partial charge in [0.05, 0.1) is 0 Å². The normalized spacial score (nSPS) is 21.3. The molecular formula is C33H44N6O5. The Morgan fingerprint density at radius 1 is 0.841 bits per heavy atom. The van der Waals surface area contributed by atoms with Crippen molar-refractivity contribution in [3.8, 4) is 5.75 Å². The number of hydrogen-bond donors (Lipinski definition) is 3. The van der Waals surface area contributed by atoms with Gasteiger partial charge in [-0.15, -0.1) is 0 Å². The molecule has 44 heavy (non-hydrogen) atoms. The molecule has 2 aromatic carbocycles. The van der Waals surface area contributed by atoms with Crippen LogP contribution >= 0.6 is 0 Å². The lowest BCUT2D eigenvalue weighted by Gasteiger charge is -2.41. The summed E-state index contributed by atoms with van der Waals surface area (Å²) in [5.41, 5.74) is 2.80. The van der Waals surface area contributed by atoms with E-state index in [2.05, 4.69) is 15.5 Å². The first-order valence-electron chi connectivity index (χ1n) is 16.1. The molecule has 4 aliphatic heterocycles. The van der Waals surface area contributed by atoms with Crippen LogP contribution < -0.4 is 10.6 Å². The smallest absolute Gasteiger partial charge is 0.410 e. The minimum absolute atomic E-state index is 0.0269. The number of piperazine rings is 1. The summed E-state index contributed by atoms with van der Waals surface area (Å²) in [5.74, 6) is -0.0282. The molecule has 0 aromatic heterocycles. The van der Waals surface area contributed by atoms with Crippen molar-refractivity contribution in [3.63, 3.8) is 0 Å². The van der Waals surface area contributed by atoms with Crippen LogP contribution in [0.4, 0.5) is 15.3 Å². The highest BCUT2D eigenvalue weighted by atomic mass is 16.6. The van der Waals surface area contributed by atoms with Crippen molar-refractivity contribution in [2.75, 3.05) is 64.2 Å². The molecule has 4 heterocycles. The third-order valence-corrected chi connectivity index (χ3v) is 9.63. The van der Waals surface area contributed by atoms with Crippen LogP contribution in [-0.4, -0.2) is 120 Å². The Bertz CT molecular complexity index is 1300. The number of para-hydroxylation sites is 1. The molecule has 4 amide bonds. The zero-order valence-electron chi connectivity index (χ0n) is 25.3. The molecule has 0 radical (unpaired) electrons. The summed E-state index contributed by atoms with van der Waals surface area (Å²) >= 11 is 0. The van der Waals surface area contributed by atoms with Crippen LogP contribution in [0.2, 0.25) is 0 Å². The summed E-state index contributed by atoms with van der Waals surface area (Å²) in [6, 6.07) is 15.0. The highest BCUT2D eigenvalue weighted by molar-refractivity contribution is 5.91. The number of aromatic hydroxyl groups is 1. The van der Waals surface area contributed by atoms with Gasteiger partial charge in [-0.1, -0.05) is 30.3 Å². The first kappa shape index (κ1) is 30.2. The average molecular weight is 605 g/mol. The van der Waals surface area contributed by atoms with Crippen molar-refractivity contribution in [2.45, 2.75) is 56.7 Å². The maximum atomic E-state index is 13.8. The number of fused-ring (bicyclic) bond motifs is 1. The van der Waals surface area contributed by atoms with Crippen molar-refractivity contribution in [1.29, 1.82) is 0 Å². The molecule has 3 fully saturated rings. The number of carbonyl (C=O) groups is 3. The van der Waals surface area contributed by atoms with Gasteiger partial charge in [0, 0.05) is 70.0 Å². The maximum absolute atomic E-state index is 13.8. The van der Waals surface area contributed by atoms with Gasteiger partial charge >= 0.3 is 12.1 Å². The van der Waals surface area contributed by atoms with Crippen LogP contribution in [0.25, 0.3) is 0 Å². The Balaban J connectivity index is 1.06. The molecule has 0 spiro atoms. The van der Waals surface area contributed by atoms with E-state index >= 15 is 0 Å². The Morgan fingerprint density at radius 2 is 1.55 bits per heavy atom. The molecule has 3 saturated heterocycles. The van der Waals surface area contributed by atoms with E-state index in [9.17, 15) is 19.5 Å². The van der Waals surface area contributed by atoms with Crippen molar-refractivity contribution < 1.29 is 24.2 Å². The lowest BCUT2D eigenvalue weighted by Crippen LogP contribution is -2.56. The van der Waals surface area contributed by atoms with Gasteiger partial charge in [0.2, 0.25) is 0 Å². The zero-order valence-corrected chi connectivity index (χ0v) is 25.3. The van der Waals surface area contributed by atoms with E-state index in [0.29, 0.717) is 51.6 Å². The molecular weight excluding hydrogens is 560 g/mol. The SMILES string of the molecule is O=C(O[C@H](Cc1ccc(O)cc1)C(=O)N1CCN(C2CCNCC2)CC1)N1CCC(N2CCc3ccccc3NC2=O)CC1. The Labute approximate surface area is 259 Å². The predicted octanol–water partition coefficient (Wildman–Crippen LogP) is 2.89. The number of amides is 4. The Hall–Kier alpha value is -3.83. The summed E-state index contributed by atoms with van der Waals surface area (Å²) in [7, 11) is 0. The number of anilines is 1. The molecule has 0 unspecified atom stereocenters. The van der Waals surface area contributed by atoms with Crippen molar-refractivity contribution >= 4 is 23.7 Å². The van der Waals surface area contributed by atoms with E-state index in [-0.39, 0.29) is 30.2 Å². The molecule has 0 aliphatic carbocycles. The topological polar surface area (TPSA) is 118 Å². The third kappa shape index (κ3) is 7.10. The fraction of sp³-hybridized carbons (Fsp3) is 0.545. The maximum Gasteiger partial charge on any atom is 0.410 e. The van der Waals surface area contributed by atoms with Crippen molar-refractivity contribution in [3.05, 3.63) is 59.7 Å². The number of rotatable bonds is 6. The number of likely N-dealkylation sites (tertiary alicyclic amines) is 1. The van der Waals surface area contributed by atoms with Gasteiger partial charge in [0.1, 0.15) is 5.75 Å². The van der Waals surface area contributed by atoms with Gasteiger partial charge in [0.25, 0.3) is 5.91 Å². The van der Waals surface area contributed by atoms with Crippen LogP contribution in [0.1, 0.15) is 36.8 Å². The number of hydrogen-bond acceptors (Lipinski definition) is 7. The number of nitrogens with one attached hydrogen (secondary N) is 2. The number of piperidine rings is 2.